The molecule has 0 spiro atoms. The molecule has 2 heterocycles. The molecule has 29 heavy (non-hydrogen) atoms. The van der Waals surface area contributed by atoms with Gasteiger partial charge in [0.1, 0.15) is 0 Å². The molecule has 0 radical (unpaired) electrons. The van der Waals surface area contributed by atoms with E-state index in [0.717, 1.165) is 57.6 Å². The number of guanidine groups is 1. The minimum absolute atomic E-state index is 0.459. The van der Waals surface area contributed by atoms with E-state index >= 15 is 0 Å². The summed E-state index contributed by atoms with van der Waals surface area (Å²) in [4.78, 5) is 7.04. The average Bonchev–Trinajstić information content (AvgIpc) is 3.04. The summed E-state index contributed by atoms with van der Waals surface area (Å²) in [5, 5.41) is 11.7. The Balaban J connectivity index is 1.85. The summed E-state index contributed by atoms with van der Waals surface area (Å²) < 4.78 is 7.66. The largest absolute Gasteiger partial charge is 0.379 e. The molecule has 1 aliphatic rings. The molecule has 2 atom stereocenters. The van der Waals surface area contributed by atoms with Gasteiger partial charge in [0.2, 0.25) is 0 Å². The lowest BCUT2D eigenvalue weighted by atomic mass is 9.92. The first-order valence-electron chi connectivity index (χ1n) is 11.3. The maximum atomic E-state index is 5.56. The van der Waals surface area contributed by atoms with Gasteiger partial charge in [0.25, 0.3) is 0 Å². The summed E-state index contributed by atoms with van der Waals surface area (Å²) in [6, 6.07) is 2.64. The fourth-order valence-corrected chi connectivity index (χ4v) is 4.25. The Hall–Kier alpha value is -1.60. The molecule has 1 aromatic rings. The number of aromatic nitrogens is 2. The van der Waals surface area contributed by atoms with E-state index in [0.29, 0.717) is 17.9 Å². The van der Waals surface area contributed by atoms with Crippen molar-refractivity contribution in [1.29, 1.82) is 0 Å². The molecule has 1 aromatic heterocycles. The van der Waals surface area contributed by atoms with Crippen LogP contribution in [0.25, 0.3) is 0 Å². The predicted molar refractivity (Wildman–Crippen MR) is 120 cm³/mol. The Labute approximate surface area is 177 Å². The highest BCUT2D eigenvalue weighted by molar-refractivity contribution is 5.79. The van der Waals surface area contributed by atoms with Crippen LogP contribution >= 0.6 is 0 Å². The van der Waals surface area contributed by atoms with Gasteiger partial charge in [-0.2, -0.15) is 5.10 Å². The number of nitrogens with one attached hydrogen (secondary N) is 2. The molecule has 7 heteroatoms. The summed E-state index contributed by atoms with van der Waals surface area (Å²) >= 11 is 0. The highest BCUT2D eigenvalue weighted by atomic mass is 16.5. The van der Waals surface area contributed by atoms with E-state index in [1.165, 1.54) is 18.5 Å². The molecule has 0 amide bonds. The molecule has 0 aliphatic carbocycles. The number of aliphatic imine (C=N–C) groups is 1. The zero-order chi connectivity index (χ0) is 21.2. The van der Waals surface area contributed by atoms with Gasteiger partial charge in [-0.1, -0.05) is 33.6 Å². The van der Waals surface area contributed by atoms with Crippen LogP contribution in [-0.4, -0.2) is 73.1 Å². The molecule has 0 saturated carbocycles. The molecule has 1 fully saturated rings. The zero-order valence-corrected chi connectivity index (χ0v) is 19.4. The maximum Gasteiger partial charge on any atom is 0.191 e. The maximum absolute atomic E-state index is 5.56. The minimum atomic E-state index is 0.459. The van der Waals surface area contributed by atoms with Crippen molar-refractivity contribution in [3.63, 3.8) is 0 Å². The third-order valence-corrected chi connectivity index (χ3v) is 6.02. The number of rotatable bonds is 10. The second-order valence-corrected chi connectivity index (χ2v) is 8.34. The summed E-state index contributed by atoms with van der Waals surface area (Å²) in [5.41, 5.74) is 2.30. The van der Waals surface area contributed by atoms with Crippen LogP contribution < -0.4 is 10.6 Å². The van der Waals surface area contributed by atoms with Gasteiger partial charge in [-0.25, -0.2) is 0 Å². The number of nitrogens with zero attached hydrogens (tertiary/aromatic N) is 4. The summed E-state index contributed by atoms with van der Waals surface area (Å²) in [6.45, 7) is 17.4. The predicted octanol–water partition coefficient (Wildman–Crippen LogP) is 2.44. The highest BCUT2D eigenvalue weighted by Crippen LogP contribution is 2.19. The van der Waals surface area contributed by atoms with Crippen LogP contribution in [0, 0.1) is 25.7 Å². The fraction of sp³-hybridized carbons (Fsp3) is 0.818. The average molecular weight is 407 g/mol. The van der Waals surface area contributed by atoms with Crippen LogP contribution in [0.1, 0.15) is 45.0 Å². The van der Waals surface area contributed by atoms with Crippen molar-refractivity contribution in [2.24, 2.45) is 16.8 Å². The molecule has 2 N–H and O–H groups in total. The number of hydrogen-bond donors (Lipinski definition) is 2. The molecular weight excluding hydrogens is 364 g/mol. The topological polar surface area (TPSA) is 66.7 Å². The molecule has 1 saturated heterocycles. The van der Waals surface area contributed by atoms with Crippen molar-refractivity contribution in [1.82, 2.24) is 25.3 Å². The Morgan fingerprint density at radius 3 is 2.38 bits per heavy atom. The minimum Gasteiger partial charge on any atom is -0.379 e. The fourth-order valence-electron chi connectivity index (χ4n) is 4.25. The first kappa shape index (κ1) is 23.7. The van der Waals surface area contributed by atoms with Gasteiger partial charge < -0.3 is 15.4 Å². The quantitative estimate of drug-likeness (QED) is 0.461. The van der Waals surface area contributed by atoms with Crippen LogP contribution in [0.15, 0.2) is 11.1 Å². The van der Waals surface area contributed by atoms with E-state index < -0.39 is 0 Å². The van der Waals surface area contributed by atoms with Crippen LogP contribution in [0.3, 0.4) is 0 Å². The Morgan fingerprint density at radius 1 is 1.17 bits per heavy atom. The van der Waals surface area contributed by atoms with Crippen LogP contribution in [-0.2, 0) is 11.3 Å². The molecule has 7 nitrogen and oxygen atoms in total. The summed E-state index contributed by atoms with van der Waals surface area (Å²) in [5.74, 6) is 2.03. The third kappa shape index (κ3) is 7.30. The Bertz CT molecular complexity index is 619. The molecule has 2 rings (SSSR count). The molecule has 1 aliphatic heterocycles. The van der Waals surface area contributed by atoms with Crippen molar-refractivity contribution in [3.05, 3.63) is 17.5 Å². The number of ether oxygens (including phenoxy) is 1. The van der Waals surface area contributed by atoms with Crippen molar-refractivity contribution >= 4 is 5.96 Å². The molecule has 0 bridgehead atoms. The lowest BCUT2D eigenvalue weighted by Crippen LogP contribution is -2.53. The SMILES string of the molecule is CCC(CC)C(CNC(=NC)NCC(C)Cn1nc(C)cc1C)N1CCOCC1. The van der Waals surface area contributed by atoms with Gasteiger partial charge in [0.05, 0.1) is 18.9 Å². The van der Waals surface area contributed by atoms with Crippen LogP contribution in [0.4, 0.5) is 0 Å². The molecule has 166 valence electrons. The van der Waals surface area contributed by atoms with Gasteiger partial charge in [-0.05, 0) is 31.7 Å². The first-order chi connectivity index (χ1) is 14.0. The smallest absolute Gasteiger partial charge is 0.191 e. The highest BCUT2D eigenvalue weighted by Gasteiger charge is 2.27. The van der Waals surface area contributed by atoms with Crippen molar-refractivity contribution in [2.75, 3.05) is 46.4 Å². The van der Waals surface area contributed by atoms with E-state index in [-0.39, 0.29) is 0 Å². The molecule has 0 aromatic carbocycles. The first-order valence-corrected chi connectivity index (χ1v) is 11.3. The van der Waals surface area contributed by atoms with E-state index in [1.54, 1.807) is 0 Å². The molecular formula is C22H42N6O. The monoisotopic (exact) mass is 406 g/mol. The van der Waals surface area contributed by atoms with Gasteiger partial charge in [-0.3, -0.25) is 14.6 Å². The third-order valence-electron chi connectivity index (χ3n) is 6.02. The number of hydrogen-bond acceptors (Lipinski definition) is 4. The Kier molecular flexibility index (Phi) is 9.94. The van der Waals surface area contributed by atoms with Gasteiger partial charge in [0, 0.05) is 51.5 Å². The van der Waals surface area contributed by atoms with Gasteiger partial charge in [0.15, 0.2) is 5.96 Å². The summed E-state index contributed by atoms with van der Waals surface area (Å²) in [7, 11) is 1.85. The van der Waals surface area contributed by atoms with Crippen molar-refractivity contribution in [2.45, 2.75) is 60.0 Å². The normalized spacial score (nSPS) is 18.1. The van der Waals surface area contributed by atoms with E-state index in [2.05, 4.69) is 64.1 Å². The number of aryl methyl sites for hydroxylation is 2. The van der Waals surface area contributed by atoms with Gasteiger partial charge in [-0.15, -0.1) is 0 Å². The van der Waals surface area contributed by atoms with Gasteiger partial charge >= 0.3 is 0 Å². The van der Waals surface area contributed by atoms with E-state index in [1.807, 2.05) is 14.0 Å². The summed E-state index contributed by atoms with van der Waals surface area (Å²) in [6.07, 6.45) is 2.40. The standard InChI is InChI=1S/C22H42N6O/c1-7-20(8-2)21(27-9-11-29-12-10-27)15-25-22(23-6)24-14-17(3)16-28-19(5)13-18(4)26-28/h13,17,20-21H,7-12,14-16H2,1-6H3,(H2,23,24,25). The Morgan fingerprint density at radius 2 is 1.83 bits per heavy atom. The van der Waals surface area contributed by atoms with Crippen molar-refractivity contribution in [3.8, 4) is 0 Å². The second kappa shape index (κ2) is 12.2. The van der Waals surface area contributed by atoms with E-state index in [9.17, 15) is 0 Å². The van der Waals surface area contributed by atoms with Crippen LogP contribution in [0.2, 0.25) is 0 Å². The van der Waals surface area contributed by atoms with Crippen molar-refractivity contribution < 1.29 is 4.74 Å². The lowest BCUT2D eigenvalue weighted by molar-refractivity contribution is 0.00272. The van der Waals surface area contributed by atoms with E-state index in [4.69, 9.17) is 4.74 Å². The molecule has 2 unspecified atom stereocenters. The zero-order valence-electron chi connectivity index (χ0n) is 19.4. The number of morpholine rings is 1. The van der Waals surface area contributed by atoms with Crippen LogP contribution in [0.5, 0.6) is 0 Å². The lowest BCUT2D eigenvalue weighted by Gasteiger charge is -2.39. The second-order valence-electron chi connectivity index (χ2n) is 8.34.